The van der Waals surface area contributed by atoms with Crippen LogP contribution in [0.4, 0.5) is 11.4 Å². The minimum atomic E-state index is -3.96. The Bertz CT molecular complexity index is 811. The maximum absolute atomic E-state index is 12.2. The van der Waals surface area contributed by atoms with Crippen LogP contribution in [0.1, 0.15) is 0 Å². The maximum atomic E-state index is 12.2. The third kappa shape index (κ3) is 3.72. The SMILES string of the molecule is O=[N+]([O-])c1cccc(S(=O)(=O)Nc2ccc(Br)cc2Cl)c1. The van der Waals surface area contributed by atoms with Crippen LogP contribution in [-0.4, -0.2) is 13.3 Å². The number of sulfonamides is 1. The van der Waals surface area contributed by atoms with Crippen LogP contribution in [0.2, 0.25) is 5.02 Å². The Hall–Kier alpha value is -1.64. The zero-order valence-electron chi connectivity index (χ0n) is 10.3. The Morgan fingerprint density at radius 1 is 1.19 bits per heavy atom. The summed E-state index contributed by atoms with van der Waals surface area (Å²) in [5.74, 6) is 0. The topological polar surface area (TPSA) is 89.3 Å². The second kappa shape index (κ2) is 6.00. The molecule has 0 spiro atoms. The van der Waals surface area contributed by atoms with Gasteiger partial charge in [-0.25, -0.2) is 8.42 Å². The first-order chi connectivity index (χ1) is 9.79. The molecular formula is C12H8BrClN2O4S. The predicted octanol–water partition coefficient (Wildman–Crippen LogP) is 3.81. The highest BCUT2D eigenvalue weighted by Gasteiger charge is 2.18. The number of nitrogens with one attached hydrogen (secondary N) is 1. The highest BCUT2D eigenvalue weighted by molar-refractivity contribution is 9.10. The van der Waals surface area contributed by atoms with Gasteiger partial charge < -0.3 is 0 Å². The van der Waals surface area contributed by atoms with Gasteiger partial charge >= 0.3 is 0 Å². The molecule has 0 radical (unpaired) electrons. The lowest BCUT2D eigenvalue weighted by Crippen LogP contribution is -2.13. The van der Waals surface area contributed by atoms with E-state index < -0.39 is 14.9 Å². The summed E-state index contributed by atoms with van der Waals surface area (Å²) in [5, 5.41) is 10.9. The van der Waals surface area contributed by atoms with Crippen molar-refractivity contribution in [3.05, 3.63) is 62.1 Å². The molecule has 0 amide bonds. The molecule has 2 rings (SSSR count). The smallest absolute Gasteiger partial charge is 0.270 e. The predicted molar refractivity (Wildman–Crippen MR) is 83.1 cm³/mol. The van der Waals surface area contributed by atoms with Crippen LogP contribution in [0.3, 0.4) is 0 Å². The average Bonchev–Trinajstić information content (AvgIpc) is 2.42. The van der Waals surface area contributed by atoms with Crippen molar-refractivity contribution in [2.24, 2.45) is 0 Å². The molecule has 0 fully saturated rings. The molecule has 9 heteroatoms. The van der Waals surface area contributed by atoms with Crippen LogP contribution in [0.15, 0.2) is 51.8 Å². The van der Waals surface area contributed by atoms with E-state index >= 15 is 0 Å². The van der Waals surface area contributed by atoms with Crippen molar-refractivity contribution < 1.29 is 13.3 Å². The third-order valence-corrected chi connectivity index (χ3v) is 4.68. The fourth-order valence-electron chi connectivity index (χ4n) is 1.54. The minimum Gasteiger partial charge on any atom is -0.278 e. The lowest BCUT2D eigenvalue weighted by molar-refractivity contribution is -0.385. The van der Waals surface area contributed by atoms with E-state index in [0.29, 0.717) is 4.47 Å². The lowest BCUT2D eigenvalue weighted by atomic mass is 10.3. The summed E-state index contributed by atoms with van der Waals surface area (Å²) in [6.45, 7) is 0. The summed E-state index contributed by atoms with van der Waals surface area (Å²) in [6.07, 6.45) is 0. The number of rotatable bonds is 4. The lowest BCUT2D eigenvalue weighted by Gasteiger charge is -2.09. The zero-order chi connectivity index (χ0) is 15.6. The number of nitrogens with zero attached hydrogens (tertiary/aromatic N) is 1. The fraction of sp³-hybridized carbons (Fsp3) is 0. The van der Waals surface area contributed by atoms with Crippen LogP contribution in [0, 0.1) is 10.1 Å². The number of nitro groups is 1. The Morgan fingerprint density at radius 2 is 1.90 bits per heavy atom. The van der Waals surface area contributed by atoms with E-state index in [1.54, 1.807) is 6.07 Å². The van der Waals surface area contributed by atoms with Gasteiger partial charge in [0.05, 0.1) is 20.5 Å². The molecule has 110 valence electrons. The Kier molecular flexibility index (Phi) is 4.50. The summed E-state index contributed by atoms with van der Waals surface area (Å²) >= 11 is 9.15. The Balaban J connectivity index is 2.38. The molecule has 0 atom stereocenters. The van der Waals surface area contributed by atoms with E-state index in [1.165, 1.54) is 30.3 Å². The third-order valence-electron chi connectivity index (χ3n) is 2.51. The molecule has 1 N–H and O–H groups in total. The van der Waals surface area contributed by atoms with Crippen molar-refractivity contribution in [2.45, 2.75) is 4.90 Å². The summed E-state index contributed by atoms with van der Waals surface area (Å²) < 4.78 is 27.4. The summed E-state index contributed by atoms with van der Waals surface area (Å²) in [7, 11) is -3.96. The van der Waals surface area contributed by atoms with E-state index in [1.807, 2.05) is 0 Å². The molecule has 0 bridgehead atoms. The number of hydrogen-bond donors (Lipinski definition) is 1. The first kappa shape index (κ1) is 15.7. The molecule has 21 heavy (non-hydrogen) atoms. The van der Waals surface area contributed by atoms with Gasteiger partial charge in [-0.3, -0.25) is 14.8 Å². The normalized spacial score (nSPS) is 11.1. The second-order valence-electron chi connectivity index (χ2n) is 3.98. The number of anilines is 1. The van der Waals surface area contributed by atoms with Gasteiger partial charge in [-0.2, -0.15) is 0 Å². The van der Waals surface area contributed by atoms with Gasteiger partial charge in [-0.05, 0) is 24.3 Å². The van der Waals surface area contributed by atoms with Crippen LogP contribution in [0.25, 0.3) is 0 Å². The van der Waals surface area contributed by atoms with Gasteiger partial charge in [0.1, 0.15) is 0 Å². The van der Waals surface area contributed by atoms with Crippen molar-refractivity contribution in [3.8, 4) is 0 Å². The number of hydrogen-bond acceptors (Lipinski definition) is 4. The van der Waals surface area contributed by atoms with Crippen LogP contribution < -0.4 is 4.72 Å². The number of non-ortho nitro benzene ring substituents is 1. The Labute approximate surface area is 134 Å². The quantitative estimate of drug-likeness (QED) is 0.634. The van der Waals surface area contributed by atoms with Crippen LogP contribution in [0.5, 0.6) is 0 Å². The molecule has 0 saturated carbocycles. The highest BCUT2D eigenvalue weighted by Crippen LogP contribution is 2.28. The molecule has 2 aromatic carbocycles. The van der Waals surface area contributed by atoms with Gasteiger partial charge in [-0.1, -0.05) is 33.6 Å². The van der Waals surface area contributed by atoms with E-state index in [-0.39, 0.29) is 21.3 Å². The van der Waals surface area contributed by atoms with E-state index in [2.05, 4.69) is 20.7 Å². The molecule has 6 nitrogen and oxygen atoms in total. The van der Waals surface area contributed by atoms with Crippen molar-refractivity contribution in [2.75, 3.05) is 4.72 Å². The Morgan fingerprint density at radius 3 is 2.52 bits per heavy atom. The standard InChI is InChI=1S/C12H8BrClN2O4S/c13-8-4-5-12(11(14)6-8)15-21(19,20)10-3-1-2-9(7-10)16(17)18/h1-7,15H. The van der Waals surface area contributed by atoms with Crippen LogP contribution in [-0.2, 0) is 10.0 Å². The number of nitro benzene ring substituents is 1. The monoisotopic (exact) mass is 390 g/mol. The molecular weight excluding hydrogens is 384 g/mol. The highest BCUT2D eigenvalue weighted by atomic mass is 79.9. The van der Waals surface area contributed by atoms with Crippen molar-refractivity contribution in [3.63, 3.8) is 0 Å². The first-order valence-electron chi connectivity index (χ1n) is 5.52. The van der Waals surface area contributed by atoms with Crippen molar-refractivity contribution in [1.29, 1.82) is 0 Å². The second-order valence-corrected chi connectivity index (χ2v) is 6.99. The number of benzene rings is 2. The summed E-state index contributed by atoms with van der Waals surface area (Å²) in [6, 6.07) is 9.41. The van der Waals surface area contributed by atoms with Gasteiger partial charge in [0.25, 0.3) is 15.7 Å². The van der Waals surface area contributed by atoms with Gasteiger partial charge in [0, 0.05) is 16.6 Å². The van der Waals surface area contributed by atoms with Crippen molar-refractivity contribution >= 4 is 48.9 Å². The maximum Gasteiger partial charge on any atom is 0.270 e. The van der Waals surface area contributed by atoms with E-state index in [0.717, 1.165) is 6.07 Å². The first-order valence-corrected chi connectivity index (χ1v) is 8.17. The summed E-state index contributed by atoms with van der Waals surface area (Å²) in [4.78, 5) is 9.82. The van der Waals surface area contributed by atoms with E-state index in [4.69, 9.17) is 11.6 Å². The number of halogens is 2. The molecule has 0 heterocycles. The average molecular weight is 392 g/mol. The van der Waals surface area contributed by atoms with Gasteiger partial charge in [-0.15, -0.1) is 0 Å². The van der Waals surface area contributed by atoms with E-state index in [9.17, 15) is 18.5 Å². The van der Waals surface area contributed by atoms with Gasteiger partial charge in [0.15, 0.2) is 0 Å². The largest absolute Gasteiger partial charge is 0.278 e. The van der Waals surface area contributed by atoms with Crippen molar-refractivity contribution in [1.82, 2.24) is 0 Å². The van der Waals surface area contributed by atoms with Crippen LogP contribution >= 0.6 is 27.5 Å². The molecule has 2 aromatic rings. The molecule has 0 unspecified atom stereocenters. The molecule has 0 aliphatic rings. The zero-order valence-corrected chi connectivity index (χ0v) is 13.4. The fourth-order valence-corrected chi connectivity index (χ4v) is 3.44. The molecule has 0 aliphatic heterocycles. The minimum absolute atomic E-state index is 0.186. The molecule has 0 aromatic heterocycles. The van der Waals surface area contributed by atoms with Gasteiger partial charge in [0.2, 0.25) is 0 Å². The molecule has 0 saturated heterocycles. The summed E-state index contributed by atoms with van der Waals surface area (Å²) in [5.41, 5.74) is -0.119. The molecule has 0 aliphatic carbocycles.